The minimum Gasteiger partial charge on any atom is -0.390 e. The lowest BCUT2D eigenvalue weighted by Gasteiger charge is -2.14. The highest BCUT2D eigenvalue weighted by atomic mass is 32.1. The van der Waals surface area contributed by atoms with Crippen molar-refractivity contribution in [2.75, 3.05) is 0 Å². The van der Waals surface area contributed by atoms with Gasteiger partial charge in [-0.15, -0.1) is 11.3 Å². The van der Waals surface area contributed by atoms with Crippen LogP contribution in [0.25, 0.3) is 11.3 Å². The van der Waals surface area contributed by atoms with Crippen LogP contribution in [0.1, 0.15) is 18.9 Å². The van der Waals surface area contributed by atoms with Crippen molar-refractivity contribution in [1.82, 2.24) is 4.98 Å². The van der Waals surface area contributed by atoms with Gasteiger partial charge in [0.05, 0.1) is 16.3 Å². The summed E-state index contributed by atoms with van der Waals surface area (Å²) < 4.78 is 13.1. The molecule has 90 valence electrons. The van der Waals surface area contributed by atoms with Gasteiger partial charge in [-0.05, 0) is 26.0 Å². The van der Waals surface area contributed by atoms with Gasteiger partial charge >= 0.3 is 0 Å². The first kappa shape index (κ1) is 12.2. The molecule has 0 amide bonds. The first-order valence-electron chi connectivity index (χ1n) is 5.37. The molecule has 0 aliphatic rings. The zero-order chi connectivity index (χ0) is 12.5. The molecule has 0 aliphatic heterocycles. The second-order valence-electron chi connectivity index (χ2n) is 4.63. The normalized spacial score (nSPS) is 11.8. The van der Waals surface area contributed by atoms with Crippen LogP contribution >= 0.6 is 11.3 Å². The number of rotatable bonds is 3. The average molecular weight is 251 g/mol. The number of hydrogen-bond acceptors (Lipinski definition) is 3. The lowest BCUT2D eigenvalue weighted by molar-refractivity contribution is 0.0809. The topological polar surface area (TPSA) is 33.1 Å². The number of benzene rings is 1. The Morgan fingerprint density at radius 3 is 2.82 bits per heavy atom. The Morgan fingerprint density at radius 2 is 2.18 bits per heavy atom. The molecular weight excluding hydrogens is 237 g/mol. The monoisotopic (exact) mass is 251 g/mol. The van der Waals surface area contributed by atoms with E-state index in [0.29, 0.717) is 6.42 Å². The molecule has 0 saturated heterocycles. The van der Waals surface area contributed by atoms with Crippen molar-refractivity contribution in [3.05, 3.63) is 40.5 Å². The molecule has 1 aromatic heterocycles. The molecule has 1 heterocycles. The van der Waals surface area contributed by atoms with Gasteiger partial charge in [-0.3, -0.25) is 0 Å². The summed E-state index contributed by atoms with van der Waals surface area (Å²) in [5, 5.41) is 12.4. The number of aromatic nitrogens is 1. The van der Waals surface area contributed by atoms with Crippen molar-refractivity contribution >= 4 is 11.3 Å². The summed E-state index contributed by atoms with van der Waals surface area (Å²) in [4.78, 5) is 4.40. The molecule has 2 nitrogen and oxygen atoms in total. The van der Waals surface area contributed by atoms with Crippen molar-refractivity contribution < 1.29 is 9.50 Å². The molecule has 2 rings (SSSR count). The summed E-state index contributed by atoms with van der Waals surface area (Å²) in [6, 6.07) is 6.36. The number of hydrogen-bond donors (Lipinski definition) is 1. The lowest BCUT2D eigenvalue weighted by Crippen LogP contribution is -2.21. The maximum Gasteiger partial charge on any atom is 0.123 e. The quantitative estimate of drug-likeness (QED) is 0.908. The maximum atomic E-state index is 13.1. The standard InChI is InChI=1S/C13H14FNOS/c1-13(2,16)7-12-15-11(8-17-12)9-4-3-5-10(14)6-9/h3-6,8,16H,7H2,1-2H3. The van der Waals surface area contributed by atoms with E-state index in [9.17, 15) is 9.50 Å². The van der Waals surface area contributed by atoms with Gasteiger partial charge in [-0.2, -0.15) is 0 Å². The Bertz CT molecular complexity index is 516. The fraction of sp³-hybridized carbons (Fsp3) is 0.308. The SMILES string of the molecule is CC(C)(O)Cc1nc(-c2cccc(F)c2)cs1. The van der Waals surface area contributed by atoms with E-state index in [4.69, 9.17) is 0 Å². The fourth-order valence-electron chi connectivity index (χ4n) is 1.54. The molecule has 0 bridgehead atoms. The first-order valence-corrected chi connectivity index (χ1v) is 6.25. The lowest BCUT2D eigenvalue weighted by atomic mass is 10.1. The minimum absolute atomic E-state index is 0.264. The van der Waals surface area contributed by atoms with E-state index < -0.39 is 5.60 Å². The Morgan fingerprint density at radius 1 is 1.41 bits per heavy atom. The van der Waals surface area contributed by atoms with Crippen molar-refractivity contribution in [2.24, 2.45) is 0 Å². The Labute approximate surface area is 104 Å². The molecule has 17 heavy (non-hydrogen) atoms. The number of halogens is 1. The van der Waals surface area contributed by atoms with Crippen molar-refractivity contribution in [3.63, 3.8) is 0 Å². The Balaban J connectivity index is 2.24. The average Bonchev–Trinajstić information content (AvgIpc) is 2.63. The van der Waals surface area contributed by atoms with E-state index in [1.54, 1.807) is 19.9 Å². The van der Waals surface area contributed by atoms with Crippen LogP contribution in [0.3, 0.4) is 0 Å². The first-order chi connectivity index (χ1) is 7.94. The van der Waals surface area contributed by atoms with E-state index in [1.165, 1.54) is 23.5 Å². The van der Waals surface area contributed by atoms with Gasteiger partial charge in [-0.25, -0.2) is 9.37 Å². The summed E-state index contributed by atoms with van der Waals surface area (Å²) in [7, 11) is 0. The molecule has 4 heteroatoms. The van der Waals surface area contributed by atoms with Crippen molar-refractivity contribution in [2.45, 2.75) is 25.9 Å². The molecule has 1 aromatic carbocycles. The van der Waals surface area contributed by atoms with Crippen LogP contribution in [0.5, 0.6) is 0 Å². The molecule has 0 spiro atoms. The van der Waals surface area contributed by atoms with E-state index in [2.05, 4.69) is 4.98 Å². The summed E-state index contributed by atoms with van der Waals surface area (Å²) >= 11 is 1.48. The summed E-state index contributed by atoms with van der Waals surface area (Å²) in [6.45, 7) is 3.49. The van der Waals surface area contributed by atoms with Gasteiger partial charge in [-0.1, -0.05) is 12.1 Å². The Kier molecular flexibility index (Phi) is 3.26. The molecule has 1 N–H and O–H groups in total. The highest BCUT2D eigenvalue weighted by Gasteiger charge is 2.16. The molecule has 0 unspecified atom stereocenters. The highest BCUT2D eigenvalue weighted by Crippen LogP contribution is 2.24. The van der Waals surface area contributed by atoms with Crippen LogP contribution in [0.2, 0.25) is 0 Å². The molecule has 0 aliphatic carbocycles. The van der Waals surface area contributed by atoms with Crippen LogP contribution in [-0.2, 0) is 6.42 Å². The van der Waals surface area contributed by atoms with Gasteiger partial charge in [0.2, 0.25) is 0 Å². The predicted molar refractivity (Wildman–Crippen MR) is 67.5 cm³/mol. The smallest absolute Gasteiger partial charge is 0.123 e. The third kappa shape index (κ3) is 3.35. The van der Waals surface area contributed by atoms with E-state index in [-0.39, 0.29) is 5.82 Å². The van der Waals surface area contributed by atoms with Gasteiger partial charge in [0, 0.05) is 17.4 Å². The largest absolute Gasteiger partial charge is 0.390 e. The van der Waals surface area contributed by atoms with Crippen LogP contribution in [0.15, 0.2) is 29.6 Å². The number of aliphatic hydroxyl groups is 1. The van der Waals surface area contributed by atoms with Gasteiger partial charge < -0.3 is 5.11 Å². The third-order valence-electron chi connectivity index (χ3n) is 2.26. The zero-order valence-electron chi connectivity index (χ0n) is 9.77. The Hall–Kier alpha value is -1.26. The van der Waals surface area contributed by atoms with Crippen LogP contribution in [-0.4, -0.2) is 15.7 Å². The molecule has 0 saturated carbocycles. The van der Waals surface area contributed by atoms with Crippen molar-refractivity contribution in [1.29, 1.82) is 0 Å². The summed E-state index contributed by atoms with van der Waals surface area (Å²) in [6.07, 6.45) is 0.507. The number of thiazole rings is 1. The van der Waals surface area contributed by atoms with Crippen LogP contribution < -0.4 is 0 Å². The molecular formula is C13H14FNOS. The van der Waals surface area contributed by atoms with Crippen molar-refractivity contribution in [3.8, 4) is 11.3 Å². The summed E-state index contributed by atoms with van der Waals surface area (Å²) in [5.74, 6) is -0.264. The third-order valence-corrected chi connectivity index (χ3v) is 3.10. The van der Waals surface area contributed by atoms with Crippen LogP contribution in [0, 0.1) is 5.82 Å². The second kappa shape index (κ2) is 4.55. The molecule has 2 aromatic rings. The van der Waals surface area contributed by atoms with E-state index >= 15 is 0 Å². The van der Waals surface area contributed by atoms with Crippen LogP contribution in [0.4, 0.5) is 4.39 Å². The number of nitrogens with zero attached hydrogens (tertiary/aromatic N) is 1. The van der Waals surface area contributed by atoms with Gasteiger partial charge in [0.25, 0.3) is 0 Å². The van der Waals surface area contributed by atoms with E-state index in [1.807, 2.05) is 11.4 Å². The van der Waals surface area contributed by atoms with Gasteiger partial charge in [0.15, 0.2) is 0 Å². The fourth-order valence-corrected chi connectivity index (χ4v) is 2.57. The van der Waals surface area contributed by atoms with E-state index in [0.717, 1.165) is 16.3 Å². The maximum absolute atomic E-state index is 13.1. The predicted octanol–water partition coefficient (Wildman–Crippen LogP) is 3.26. The highest BCUT2D eigenvalue weighted by molar-refractivity contribution is 7.09. The molecule has 0 radical (unpaired) electrons. The van der Waals surface area contributed by atoms with Gasteiger partial charge in [0.1, 0.15) is 5.82 Å². The molecule has 0 atom stereocenters. The summed E-state index contributed by atoms with van der Waals surface area (Å²) in [5.41, 5.74) is 0.758. The second-order valence-corrected chi connectivity index (χ2v) is 5.57. The molecule has 0 fully saturated rings. The zero-order valence-corrected chi connectivity index (χ0v) is 10.6. The minimum atomic E-state index is -0.767.